The Kier molecular flexibility index (Phi) is 3.09. The zero-order chi connectivity index (χ0) is 12.5. The van der Waals surface area contributed by atoms with Gasteiger partial charge in [-0.1, -0.05) is 0 Å². The van der Waals surface area contributed by atoms with Crippen LogP contribution in [0.2, 0.25) is 0 Å². The molecule has 0 saturated carbocycles. The van der Waals surface area contributed by atoms with Crippen LogP contribution in [-0.4, -0.2) is 31.4 Å². The van der Waals surface area contributed by atoms with Crippen molar-refractivity contribution in [2.45, 2.75) is 13.5 Å². The topological polar surface area (TPSA) is 130 Å². The van der Waals surface area contributed by atoms with Gasteiger partial charge in [-0.15, -0.1) is 0 Å². The number of rotatable bonds is 2. The quantitative estimate of drug-likeness (QED) is 0.311. The number of aliphatic hydroxyl groups is 1. The number of aliphatic hydroxyl groups excluding tert-OH is 1. The lowest BCUT2D eigenvalue weighted by molar-refractivity contribution is -0.114. The highest BCUT2D eigenvalue weighted by molar-refractivity contribution is 5.94. The number of hydrogen-bond acceptors (Lipinski definition) is 6. The Morgan fingerprint density at radius 2 is 1.50 bits per heavy atom. The van der Waals surface area contributed by atoms with E-state index >= 15 is 0 Å². The molecule has 0 aliphatic rings. The molecule has 1 amide bonds. The molecule has 0 bridgehead atoms. The molecule has 16 heavy (non-hydrogen) atoms. The molecule has 1 rings (SSSR count). The first-order valence-electron chi connectivity index (χ1n) is 4.27. The smallest absolute Gasteiger partial charge is 0.221 e. The molecule has 0 radical (unpaired) electrons. The van der Waals surface area contributed by atoms with E-state index in [4.69, 9.17) is 5.11 Å². The molecular formula is C9H11NO6. The van der Waals surface area contributed by atoms with Crippen LogP contribution >= 0.6 is 0 Å². The van der Waals surface area contributed by atoms with E-state index in [2.05, 4.69) is 0 Å². The summed E-state index contributed by atoms with van der Waals surface area (Å²) >= 11 is 0. The highest BCUT2D eigenvalue weighted by atomic mass is 16.3. The van der Waals surface area contributed by atoms with Crippen molar-refractivity contribution in [2.24, 2.45) is 0 Å². The minimum atomic E-state index is -0.824. The van der Waals surface area contributed by atoms with Crippen molar-refractivity contribution in [1.29, 1.82) is 0 Å². The summed E-state index contributed by atoms with van der Waals surface area (Å²) < 4.78 is 0. The fourth-order valence-corrected chi connectivity index (χ4v) is 1.19. The van der Waals surface area contributed by atoms with Crippen molar-refractivity contribution in [1.82, 2.24) is 0 Å². The Morgan fingerprint density at radius 3 is 1.81 bits per heavy atom. The molecule has 0 heterocycles. The normalized spacial score (nSPS) is 10.1. The molecule has 88 valence electrons. The Labute approximate surface area is 90.2 Å². The van der Waals surface area contributed by atoms with Crippen molar-refractivity contribution in [3.63, 3.8) is 0 Å². The van der Waals surface area contributed by atoms with E-state index in [1.54, 1.807) is 0 Å². The van der Waals surface area contributed by atoms with E-state index in [0.717, 1.165) is 6.92 Å². The third-order valence-electron chi connectivity index (χ3n) is 1.95. The minimum Gasteiger partial charge on any atom is -0.504 e. The number of aromatic hydroxyl groups is 4. The number of phenols is 4. The second-order valence-corrected chi connectivity index (χ2v) is 3.09. The number of hydrogen-bond donors (Lipinski definition) is 6. The van der Waals surface area contributed by atoms with E-state index in [0.29, 0.717) is 0 Å². The van der Waals surface area contributed by atoms with Gasteiger partial charge in [0.1, 0.15) is 5.69 Å². The van der Waals surface area contributed by atoms with Gasteiger partial charge in [0.25, 0.3) is 0 Å². The number of benzene rings is 1. The standard InChI is InChI=1S/C9H11NO6/c1-3(12)10-5-8(15)6(13)4(2-11)7(14)9(5)16/h11,13-16H,2H2,1H3,(H,10,12). The lowest BCUT2D eigenvalue weighted by Crippen LogP contribution is -2.06. The molecule has 1 aromatic carbocycles. The average molecular weight is 229 g/mol. The second-order valence-electron chi connectivity index (χ2n) is 3.09. The lowest BCUT2D eigenvalue weighted by atomic mass is 10.1. The Bertz CT molecular complexity index is 413. The summed E-state index contributed by atoms with van der Waals surface area (Å²) in [6.07, 6.45) is 0. The highest BCUT2D eigenvalue weighted by Gasteiger charge is 2.23. The van der Waals surface area contributed by atoms with Crippen LogP contribution in [0.5, 0.6) is 23.0 Å². The molecule has 7 nitrogen and oxygen atoms in total. The Morgan fingerprint density at radius 1 is 1.06 bits per heavy atom. The number of nitrogens with one attached hydrogen (secondary N) is 1. The zero-order valence-corrected chi connectivity index (χ0v) is 8.35. The monoisotopic (exact) mass is 229 g/mol. The van der Waals surface area contributed by atoms with Crippen molar-refractivity contribution >= 4 is 11.6 Å². The first kappa shape index (κ1) is 11.9. The summed E-state index contributed by atoms with van der Waals surface area (Å²) in [4.78, 5) is 10.7. The second kappa shape index (κ2) is 4.15. The number of carbonyl (C=O) groups excluding carboxylic acids is 1. The summed E-state index contributed by atoms with van der Waals surface area (Å²) in [7, 11) is 0. The van der Waals surface area contributed by atoms with Crippen LogP contribution in [0.1, 0.15) is 12.5 Å². The molecule has 0 aliphatic carbocycles. The fraction of sp³-hybridized carbons (Fsp3) is 0.222. The van der Waals surface area contributed by atoms with E-state index in [-0.39, 0.29) is 0 Å². The van der Waals surface area contributed by atoms with Crippen molar-refractivity contribution in [3.05, 3.63) is 5.56 Å². The van der Waals surface area contributed by atoms with E-state index < -0.39 is 46.8 Å². The predicted octanol–water partition coefficient (Wildman–Crippen LogP) is -0.0403. The third-order valence-corrected chi connectivity index (χ3v) is 1.95. The van der Waals surface area contributed by atoms with Gasteiger partial charge >= 0.3 is 0 Å². The van der Waals surface area contributed by atoms with Gasteiger partial charge in [0.15, 0.2) is 23.0 Å². The van der Waals surface area contributed by atoms with Gasteiger partial charge in [-0.3, -0.25) is 4.79 Å². The van der Waals surface area contributed by atoms with Gasteiger partial charge in [0, 0.05) is 6.92 Å². The predicted molar refractivity (Wildman–Crippen MR) is 53.3 cm³/mol. The minimum absolute atomic E-state index is 0.427. The van der Waals surface area contributed by atoms with Gasteiger partial charge < -0.3 is 30.8 Å². The molecule has 0 saturated heterocycles. The third kappa shape index (κ3) is 1.80. The van der Waals surface area contributed by atoms with Crippen molar-refractivity contribution in [2.75, 3.05) is 5.32 Å². The summed E-state index contributed by atoms with van der Waals surface area (Å²) in [6, 6.07) is 0. The maximum atomic E-state index is 10.7. The van der Waals surface area contributed by atoms with Crippen LogP contribution in [0.15, 0.2) is 0 Å². The van der Waals surface area contributed by atoms with Crippen LogP contribution in [0.25, 0.3) is 0 Å². The largest absolute Gasteiger partial charge is 0.504 e. The van der Waals surface area contributed by atoms with Gasteiger partial charge in [0.2, 0.25) is 5.91 Å². The van der Waals surface area contributed by atoms with Gasteiger partial charge in [0.05, 0.1) is 12.2 Å². The van der Waals surface area contributed by atoms with Crippen LogP contribution in [0, 0.1) is 0 Å². The molecule has 0 spiro atoms. The van der Waals surface area contributed by atoms with Crippen LogP contribution in [-0.2, 0) is 11.4 Å². The SMILES string of the molecule is CC(=O)Nc1c(O)c(O)c(CO)c(O)c1O. The number of carbonyl (C=O) groups is 1. The van der Waals surface area contributed by atoms with Gasteiger partial charge in [-0.2, -0.15) is 0 Å². The summed E-state index contributed by atoms with van der Waals surface area (Å²) in [5, 5.41) is 48.4. The maximum absolute atomic E-state index is 10.7. The van der Waals surface area contributed by atoms with Crippen molar-refractivity contribution < 1.29 is 30.3 Å². The Balaban J connectivity index is 3.47. The molecule has 1 aromatic rings. The lowest BCUT2D eigenvalue weighted by Gasteiger charge is -2.13. The van der Waals surface area contributed by atoms with Gasteiger partial charge in [-0.05, 0) is 0 Å². The van der Waals surface area contributed by atoms with E-state index in [1.807, 2.05) is 5.32 Å². The number of amides is 1. The van der Waals surface area contributed by atoms with Crippen LogP contribution < -0.4 is 5.32 Å². The summed E-state index contributed by atoms with van der Waals surface area (Å²) in [6.45, 7) is 0.339. The molecule has 0 unspecified atom stereocenters. The summed E-state index contributed by atoms with van der Waals surface area (Å²) in [5.74, 6) is -3.87. The molecule has 6 N–H and O–H groups in total. The molecule has 0 aromatic heterocycles. The summed E-state index contributed by atoms with van der Waals surface area (Å²) in [5.41, 5.74) is -0.941. The van der Waals surface area contributed by atoms with Crippen LogP contribution in [0.4, 0.5) is 5.69 Å². The average Bonchev–Trinajstić information content (AvgIpc) is 2.22. The highest BCUT2D eigenvalue weighted by Crippen LogP contribution is 2.49. The maximum Gasteiger partial charge on any atom is 0.221 e. The Hall–Kier alpha value is -2.15. The first-order chi connectivity index (χ1) is 7.40. The molecule has 0 aliphatic heterocycles. The molecule has 7 heteroatoms. The zero-order valence-electron chi connectivity index (χ0n) is 8.35. The fourth-order valence-electron chi connectivity index (χ4n) is 1.19. The molecular weight excluding hydrogens is 218 g/mol. The van der Waals surface area contributed by atoms with Crippen LogP contribution in [0.3, 0.4) is 0 Å². The van der Waals surface area contributed by atoms with E-state index in [1.165, 1.54) is 0 Å². The first-order valence-corrected chi connectivity index (χ1v) is 4.27. The van der Waals surface area contributed by atoms with E-state index in [9.17, 15) is 25.2 Å². The van der Waals surface area contributed by atoms with Crippen molar-refractivity contribution in [3.8, 4) is 23.0 Å². The number of phenolic OH excluding ortho intramolecular Hbond substituents is 2. The molecule has 0 atom stereocenters. The van der Waals surface area contributed by atoms with Gasteiger partial charge in [-0.25, -0.2) is 0 Å². The number of anilines is 1. The molecule has 0 fully saturated rings.